The number of hydrogen-bond acceptors (Lipinski definition) is 8. The number of aryl methyl sites for hydroxylation is 1. The number of esters is 1. The molecule has 2 aromatic carbocycles. The Labute approximate surface area is 232 Å². The predicted octanol–water partition coefficient (Wildman–Crippen LogP) is 4.88. The van der Waals surface area contributed by atoms with Crippen molar-refractivity contribution in [3.05, 3.63) is 74.4 Å². The summed E-state index contributed by atoms with van der Waals surface area (Å²) in [6, 6.07) is 8.96. The zero-order valence-electron chi connectivity index (χ0n) is 21.1. The minimum absolute atomic E-state index is 0.0964. The van der Waals surface area contributed by atoms with Crippen LogP contribution in [-0.2, 0) is 33.8 Å². The summed E-state index contributed by atoms with van der Waals surface area (Å²) in [7, 11) is 1.46. The fourth-order valence-corrected chi connectivity index (χ4v) is 5.46. The molecule has 0 saturated heterocycles. The molecule has 0 radical (unpaired) electrons. The molecular formula is C27H25ClFN3O6S. The maximum Gasteiger partial charge on any atom is 0.341 e. The summed E-state index contributed by atoms with van der Waals surface area (Å²) in [6.45, 7) is 2.00. The van der Waals surface area contributed by atoms with Gasteiger partial charge in [0.2, 0.25) is 0 Å². The normalized spacial score (nSPS) is 12.2. The fourth-order valence-electron chi connectivity index (χ4n) is 3.97. The van der Waals surface area contributed by atoms with E-state index in [0.29, 0.717) is 33.2 Å². The van der Waals surface area contributed by atoms with Crippen LogP contribution >= 0.6 is 22.9 Å². The van der Waals surface area contributed by atoms with Crippen molar-refractivity contribution < 1.29 is 33.0 Å². The first kappa shape index (κ1) is 28.1. The number of nitrogens with one attached hydrogen (secondary N) is 2. The summed E-state index contributed by atoms with van der Waals surface area (Å²) in [5.74, 6) is -2.12. The Bertz CT molecular complexity index is 1440. The van der Waals surface area contributed by atoms with Gasteiger partial charge in [0.25, 0.3) is 0 Å². The third kappa shape index (κ3) is 6.73. The molecule has 204 valence electrons. The summed E-state index contributed by atoms with van der Waals surface area (Å²) < 4.78 is 29.5. The van der Waals surface area contributed by atoms with Crippen molar-refractivity contribution in [2.45, 2.75) is 32.8 Å². The number of benzene rings is 2. The summed E-state index contributed by atoms with van der Waals surface area (Å²) in [5.41, 5.74) is 4.52. The third-order valence-electron chi connectivity index (χ3n) is 5.80. The van der Waals surface area contributed by atoms with Crippen molar-refractivity contribution in [1.29, 1.82) is 0 Å². The highest BCUT2D eigenvalue weighted by atomic mass is 35.5. The van der Waals surface area contributed by atoms with Crippen molar-refractivity contribution in [1.82, 2.24) is 5.43 Å². The molecule has 2 amide bonds. The zero-order chi connectivity index (χ0) is 27.9. The third-order valence-corrected chi connectivity index (χ3v) is 7.36. The van der Waals surface area contributed by atoms with Crippen molar-refractivity contribution in [3.63, 3.8) is 0 Å². The number of thiophene rings is 1. The van der Waals surface area contributed by atoms with Crippen LogP contribution < -0.4 is 20.2 Å². The van der Waals surface area contributed by atoms with Crippen LogP contribution in [0.25, 0.3) is 0 Å². The lowest BCUT2D eigenvalue weighted by molar-refractivity contribution is -0.136. The van der Waals surface area contributed by atoms with Crippen LogP contribution in [0, 0.1) is 5.82 Å². The molecule has 0 unspecified atom stereocenters. The van der Waals surface area contributed by atoms with E-state index < -0.39 is 23.6 Å². The lowest BCUT2D eigenvalue weighted by Crippen LogP contribution is -2.32. The molecule has 0 fully saturated rings. The minimum atomic E-state index is -1.00. The van der Waals surface area contributed by atoms with Gasteiger partial charge in [-0.05, 0) is 67.6 Å². The highest BCUT2D eigenvalue weighted by Gasteiger charge is 2.29. The first-order valence-corrected chi connectivity index (χ1v) is 13.2. The van der Waals surface area contributed by atoms with E-state index in [2.05, 4.69) is 15.8 Å². The van der Waals surface area contributed by atoms with Crippen LogP contribution in [0.5, 0.6) is 11.5 Å². The largest absolute Gasteiger partial charge is 0.493 e. The molecule has 0 bridgehead atoms. The molecule has 1 aliphatic carbocycles. The number of halogens is 2. The van der Waals surface area contributed by atoms with Gasteiger partial charge in [-0.25, -0.2) is 14.6 Å². The standard InChI is InChI=1S/C27H25ClFN3O6S/c1-3-37-27(35)23-18-5-4-6-22(18)39-26(23)31-24(33)25(34)32-30-13-15-7-10-20(21(11-15)36-2)38-14-16-8-9-17(29)12-19(16)28/h7-13H,3-6,14H2,1-2H3,(H,31,33)(H,32,34)/b30-13+. The van der Waals surface area contributed by atoms with Crippen LogP contribution in [0.2, 0.25) is 5.02 Å². The lowest BCUT2D eigenvalue weighted by atomic mass is 10.1. The number of hydrogen-bond donors (Lipinski definition) is 2. The van der Waals surface area contributed by atoms with Gasteiger partial charge in [0, 0.05) is 10.4 Å². The molecule has 0 aliphatic heterocycles. The maximum atomic E-state index is 13.2. The van der Waals surface area contributed by atoms with Crippen molar-refractivity contribution in [2.75, 3.05) is 19.0 Å². The first-order chi connectivity index (χ1) is 18.8. The van der Waals surface area contributed by atoms with Gasteiger partial charge in [-0.3, -0.25) is 9.59 Å². The minimum Gasteiger partial charge on any atom is -0.493 e. The van der Waals surface area contributed by atoms with Gasteiger partial charge in [0.05, 0.1) is 30.5 Å². The second kappa shape index (κ2) is 12.7. The first-order valence-electron chi connectivity index (χ1n) is 12.0. The van der Waals surface area contributed by atoms with Gasteiger partial charge in [0.1, 0.15) is 17.4 Å². The Hall–Kier alpha value is -3.96. The van der Waals surface area contributed by atoms with Gasteiger partial charge in [-0.15, -0.1) is 11.3 Å². The SMILES string of the molecule is CCOC(=O)c1c(NC(=O)C(=O)N/N=C/c2ccc(OCc3ccc(F)cc3Cl)c(OC)c2)sc2c1CCC2. The summed E-state index contributed by atoms with van der Waals surface area (Å²) >= 11 is 7.32. The Kier molecular flexibility index (Phi) is 9.15. The molecule has 4 rings (SSSR count). The average Bonchev–Trinajstić information content (AvgIpc) is 3.49. The molecule has 1 aromatic heterocycles. The quantitative estimate of drug-likeness (QED) is 0.163. The van der Waals surface area contributed by atoms with Crippen LogP contribution in [0.4, 0.5) is 9.39 Å². The number of carbonyl (C=O) groups excluding carboxylic acids is 3. The monoisotopic (exact) mass is 573 g/mol. The number of amides is 2. The number of nitrogens with zero attached hydrogens (tertiary/aromatic N) is 1. The van der Waals surface area contributed by atoms with Crippen LogP contribution in [0.1, 0.15) is 45.3 Å². The van der Waals surface area contributed by atoms with Crippen molar-refractivity contribution >= 4 is 51.9 Å². The number of ether oxygens (including phenoxy) is 3. The van der Waals surface area contributed by atoms with E-state index in [0.717, 1.165) is 29.7 Å². The Morgan fingerprint density at radius 1 is 1.13 bits per heavy atom. The second-order valence-electron chi connectivity index (χ2n) is 8.37. The molecular weight excluding hydrogens is 549 g/mol. The van der Waals surface area contributed by atoms with E-state index in [-0.39, 0.29) is 18.2 Å². The number of carbonyl (C=O) groups is 3. The summed E-state index contributed by atoms with van der Waals surface area (Å²) in [4.78, 5) is 38.3. The Balaban J connectivity index is 1.36. The highest BCUT2D eigenvalue weighted by Crippen LogP contribution is 2.39. The molecule has 0 spiro atoms. The van der Waals surface area contributed by atoms with E-state index in [1.54, 1.807) is 25.1 Å². The lowest BCUT2D eigenvalue weighted by Gasteiger charge is -2.12. The summed E-state index contributed by atoms with van der Waals surface area (Å²) in [6.07, 6.45) is 3.79. The number of methoxy groups -OCH3 is 1. The van der Waals surface area contributed by atoms with E-state index in [9.17, 15) is 18.8 Å². The van der Waals surface area contributed by atoms with Crippen LogP contribution in [-0.4, -0.2) is 37.7 Å². The summed E-state index contributed by atoms with van der Waals surface area (Å²) in [5, 5.41) is 6.89. The zero-order valence-corrected chi connectivity index (χ0v) is 22.7. The van der Waals surface area contributed by atoms with Gasteiger partial charge < -0.3 is 19.5 Å². The highest BCUT2D eigenvalue weighted by molar-refractivity contribution is 7.17. The molecule has 1 heterocycles. The van der Waals surface area contributed by atoms with E-state index in [1.165, 1.54) is 42.9 Å². The molecule has 9 nitrogen and oxygen atoms in total. The second-order valence-corrected chi connectivity index (χ2v) is 9.88. The van der Waals surface area contributed by atoms with E-state index >= 15 is 0 Å². The maximum absolute atomic E-state index is 13.2. The van der Waals surface area contributed by atoms with E-state index in [4.69, 9.17) is 25.8 Å². The van der Waals surface area contributed by atoms with Crippen LogP contribution in [0.15, 0.2) is 41.5 Å². The van der Waals surface area contributed by atoms with E-state index in [1.807, 2.05) is 0 Å². The molecule has 3 aromatic rings. The smallest absolute Gasteiger partial charge is 0.341 e. The van der Waals surface area contributed by atoms with Gasteiger partial charge >= 0.3 is 17.8 Å². The Morgan fingerprint density at radius 2 is 1.95 bits per heavy atom. The number of rotatable bonds is 9. The van der Waals surface area contributed by atoms with Crippen LogP contribution in [0.3, 0.4) is 0 Å². The van der Waals surface area contributed by atoms with Crippen molar-refractivity contribution in [3.8, 4) is 11.5 Å². The average molecular weight is 574 g/mol. The molecule has 0 saturated carbocycles. The molecule has 12 heteroatoms. The number of anilines is 1. The predicted molar refractivity (Wildman–Crippen MR) is 145 cm³/mol. The van der Waals surface area contributed by atoms with Crippen molar-refractivity contribution in [2.24, 2.45) is 5.10 Å². The fraction of sp³-hybridized carbons (Fsp3) is 0.259. The molecule has 0 atom stereocenters. The molecule has 39 heavy (non-hydrogen) atoms. The topological polar surface area (TPSA) is 115 Å². The van der Waals surface area contributed by atoms with Gasteiger partial charge in [-0.1, -0.05) is 17.7 Å². The number of hydrazone groups is 1. The molecule has 1 aliphatic rings. The molecule has 2 N–H and O–H groups in total. The Morgan fingerprint density at radius 3 is 2.69 bits per heavy atom. The van der Waals surface area contributed by atoms with Gasteiger partial charge in [-0.2, -0.15) is 5.10 Å². The number of fused-ring (bicyclic) bond motifs is 1. The van der Waals surface area contributed by atoms with Gasteiger partial charge in [0.15, 0.2) is 11.5 Å².